The summed E-state index contributed by atoms with van der Waals surface area (Å²) in [4.78, 5) is 43.3. The predicted molar refractivity (Wildman–Crippen MR) is 125 cm³/mol. The molecule has 2 fully saturated rings. The van der Waals surface area contributed by atoms with Crippen LogP contribution in [0.3, 0.4) is 0 Å². The summed E-state index contributed by atoms with van der Waals surface area (Å²) in [5.41, 5.74) is 3.37. The molecule has 0 saturated carbocycles. The van der Waals surface area contributed by atoms with Crippen molar-refractivity contribution in [3.63, 3.8) is 0 Å². The molecule has 2 aliphatic rings. The minimum absolute atomic E-state index is 0.0166. The van der Waals surface area contributed by atoms with Gasteiger partial charge in [0, 0.05) is 56.0 Å². The van der Waals surface area contributed by atoms with Crippen LogP contribution in [0.4, 0.5) is 5.69 Å². The molecule has 6 nitrogen and oxygen atoms in total. The molecule has 3 amide bonds. The number of carbonyl (C=O) groups excluding carboxylic acids is 3. The number of hydrogen-bond acceptors (Lipinski definition) is 3. The fraction of sp³-hybridized carbons (Fsp3) is 0.423. The molecular weight excluding hydrogens is 402 g/mol. The molecule has 0 N–H and O–H groups in total. The van der Waals surface area contributed by atoms with E-state index in [0.717, 1.165) is 25.1 Å². The van der Waals surface area contributed by atoms with E-state index in [1.807, 2.05) is 41.3 Å². The van der Waals surface area contributed by atoms with Crippen LogP contribution in [0, 0.1) is 0 Å². The molecule has 2 aromatic rings. The minimum atomic E-state index is -0.0325. The summed E-state index contributed by atoms with van der Waals surface area (Å²) in [5.74, 6) is 0.566. The molecule has 0 aromatic heterocycles. The Morgan fingerprint density at radius 3 is 1.69 bits per heavy atom. The molecule has 0 spiro atoms. The van der Waals surface area contributed by atoms with E-state index in [1.54, 1.807) is 21.9 Å². The summed E-state index contributed by atoms with van der Waals surface area (Å²) in [7, 11) is 0. The van der Waals surface area contributed by atoms with Crippen LogP contribution >= 0.6 is 0 Å². The summed E-state index contributed by atoms with van der Waals surface area (Å²) in [6, 6.07) is 15.1. The molecule has 0 bridgehead atoms. The lowest BCUT2D eigenvalue weighted by molar-refractivity contribution is -0.119. The highest BCUT2D eigenvalue weighted by Crippen LogP contribution is 2.22. The van der Waals surface area contributed by atoms with Crippen LogP contribution in [0.1, 0.15) is 65.3 Å². The van der Waals surface area contributed by atoms with Gasteiger partial charge in [0.25, 0.3) is 11.8 Å². The van der Waals surface area contributed by atoms with E-state index in [1.165, 1.54) is 5.56 Å². The van der Waals surface area contributed by atoms with E-state index in [2.05, 4.69) is 13.8 Å². The van der Waals surface area contributed by atoms with Crippen molar-refractivity contribution in [2.24, 2.45) is 0 Å². The topological polar surface area (TPSA) is 60.9 Å². The van der Waals surface area contributed by atoms with Gasteiger partial charge in [-0.3, -0.25) is 14.4 Å². The van der Waals surface area contributed by atoms with Gasteiger partial charge in [-0.2, -0.15) is 0 Å². The van der Waals surface area contributed by atoms with Crippen LogP contribution in [0.2, 0.25) is 0 Å². The standard InChI is InChI=1S/C26H31N3O3/c1-19(2)20-6-8-21(9-7-20)25(31)27-15-17-28(18-16-27)26(32)22-10-12-23(13-11-22)29-14-4-3-5-24(29)30/h6-13,19H,3-5,14-18H2,1-2H3. The molecule has 0 radical (unpaired) electrons. The van der Waals surface area contributed by atoms with E-state index >= 15 is 0 Å². The van der Waals surface area contributed by atoms with Crippen LogP contribution in [0.25, 0.3) is 0 Å². The Kier molecular flexibility index (Phi) is 6.58. The van der Waals surface area contributed by atoms with Crippen molar-refractivity contribution < 1.29 is 14.4 Å². The van der Waals surface area contributed by atoms with Crippen molar-refractivity contribution in [1.29, 1.82) is 0 Å². The van der Waals surface area contributed by atoms with E-state index in [0.29, 0.717) is 49.6 Å². The molecule has 0 atom stereocenters. The maximum atomic E-state index is 12.9. The second kappa shape index (κ2) is 9.55. The summed E-state index contributed by atoms with van der Waals surface area (Å²) in [6.07, 6.45) is 2.55. The van der Waals surface area contributed by atoms with Gasteiger partial charge in [0.15, 0.2) is 0 Å². The highest BCUT2D eigenvalue weighted by atomic mass is 16.2. The lowest BCUT2D eigenvalue weighted by Crippen LogP contribution is -2.50. The summed E-state index contributed by atoms with van der Waals surface area (Å²) in [5, 5.41) is 0. The van der Waals surface area contributed by atoms with Crippen LogP contribution in [0.5, 0.6) is 0 Å². The van der Waals surface area contributed by atoms with Gasteiger partial charge in [-0.15, -0.1) is 0 Å². The van der Waals surface area contributed by atoms with Gasteiger partial charge in [-0.05, 0) is 60.7 Å². The Hall–Kier alpha value is -3.15. The van der Waals surface area contributed by atoms with E-state index in [9.17, 15) is 14.4 Å². The maximum Gasteiger partial charge on any atom is 0.253 e. The Morgan fingerprint density at radius 1 is 0.719 bits per heavy atom. The van der Waals surface area contributed by atoms with Crippen molar-refractivity contribution >= 4 is 23.4 Å². The van der Waals surface area contributed by atoms with Crippen molar-refractivity contribution in [1.82, 2.24) is 9.80 Å². The highest BCUT2D eigenvalue weighted by molar-refractivity contribution is 5.97. The molecule has 2 heterocycles. The fourth-order valence-corrected chi connectivity index (χ4v) is 4.35. The quantitative estimate of drug-likeness (QED) is 0.734. The number of anilines is 1. The summed E-state index contributed by atoms with van der Waals surface area (Å²) in [6.45, 7) is 7.08. The highest BCUT2D eigenvalue weighted by Gasteiger charge is 2.26. The number of amides is 3. The van der Waals surface area contributed by atoms with E-state index < -0.39 is 0 Å². The van der Waals surface area contributed by atoms with Crippen LogP contribution in [-0.2, 0) is 4.79 Å². The van der Waals surface area contributed by atoms with E-state index in [-0.39, 0.29) is 17.7 Å². The molecule has 6 heteroatoms. The van der Waals surface area contributed by atoms with Crippen molar-refractivity contribution in [2.45, 2.75) is 39.0 Å². The zero-order valence-corrected chi connectivity index (χ0v) is 18.9. The number of carbonyl (C=O) groups is 3. The monoisotopic (exact) mass is 433 g/mol. The Bertz CT molecular complexity index is 974. The number of rotatable bonds is 4. The maximum absolute atomic E-state index is 12.9. The third-order valence-corrected chi connectivity index (χ3v) is 6.43. The van der Waals surface area contributed by atoms with Gasteiger partial charge in [0.2, 0.25) is 5.91 Å². The van der Waals surface area contributed by atoms with Crippen molar-refractivity contribution in [2.75, 3.05) is 37.6 Å². The van der Waals surface area contributed by atoms with Gasteiger partial charge in [-0.25, -0.2) is 0 Å². The molecule has 2 aromatic carbocycles. The van der Waals surface area contributed by atoms with Crippen LogP contribution in [0.15, 0.2) is 48.5 Å². The lowest BCUT2D eigenvalue weighted by Gasteiger charge is -2.35. The van der Waals surface area contributed by atoms with Gasteiger partial charge >= 0.3 is 0 Å². The number of benzene rings is 2. The van der Waals surface area contributed by atoms with Crippen molar-refractivity contribution in [3.05, 3.63) is 65.2 Å². The number of hydrogen-bond donors (Lipinski definition) is 0. The number of piperidine rings is 1. The Morgan fingerprint density at radius 2 is 1.22 bits per heavy atom. The fourth-order valence-electron chi connectivity index (χ4n) is 4.35. The third kappa shape index (κ3) is 4.69. The van der Waals surface area contributed by atoms with E-state index in [4.69, 9.17) is 0 Å². The Balaban J connectivity index is 1.34. The van der Waals surface area contributed by atoms with Gasteiger partial charge in [0.05, 0.1) is 0 Å². The third-order valence-electron chi connectivity index (χ3n) is 6.43. The largest absolute Gasteiger partial charge is 0.335 e. The van der Waals surface area contributed by atoms with Crippen LogP contribution < -0.4 is 4.90 Å². The molecule has 0 aliphatic carbocycles. The minimum Gasteiger partial charge on any atom is -0.335 e. The average molecular weight is 434 g/mol. The second-order valence-electron chi connectivity index (χ2n) is 8.91. The molecule has 2 aliphatic heterocycles. The smallest absolute Gasteiger partial charge is 0.253 e. The van der Waals surface area contributed by atoms with Gasteiger partial charge in [0.1, 0.15) is 0 Å². The number of nitrogens with zero attached hydrogens (tertiary/aromatic N) is 3. The van der Waals surface area contributed by atoms with Crippen LogP contribution in [-0.4, -0.2) is 60.2 Å². The Labute approximate surface area is 189 Å². The first-order valence-corrected chi connectivity index (χ1v) is 11.5. The summed E-state index contributed by atoms with van der Waals surface area (Å²) >= 11 is 0. The molecule has 0 unspecified atom stereocenters. The number of piperazine rings is 1. The SMILES string of the molecule is CC(C)c1ccc(C(=O)N2CCN(C(=O)c3ccc(N4CCCCC4=O)cc3)CC2)cc1. The molecular formula is C26H31N3O3. The molecule has 2 saturated heterocycles. The summed E-state index contributed by atoms with van der Waals surface area (Å²) < 4.78 is 0. The normalized spacial score (nSPS) is 17.1. The first-order valence-electron chi connectivity index (χ1n) is 11.5. The van der Waals surface area contributed by atoms with Gasteiger partial charge in [-0.1, -0.05) is 26.0 Å². The average Bonchev–Trinajstić information content (AvgIpc) is 2.84. The molecule has 32 heavy (non-hydrogen) atoms. The first-order chi connectivity index (χ1) is 15.4. The predicted octanol–water partition coefficient (Wildman–Crippen LogP) is 3.93. The second-order valence-corrected chi connectivity index (χ2v) is 8.91. The van der Waals surface area contributed by atoms with Gasteiger partial charge < -0.3 is 14.7 Å². The molecule has 168 valence electrons. The zero-order valence-electron chi connectivity index (χ0n) is 18.9. The lowest BCUT2D eigenvalue weighted by atomic mass is 10.0. The zero-order chi connectivity index (χ0) is 22.7. The molecule has 4 rings (SSSR count). The first kappa shape index (κ1) is 22.1. The van der Waals surface area contributed by atoms with Crippen molar-refractivity contribution in [3.8, 4) is 0 Å².